The highest BCUT2D eigenvalue weighted by molar-refractivity contribution is 5.93. The molecule has 0 aliphatic rings. The van der Waals surface area contributed by atoms with Gasteiger partial charge in [0.15, 0.2) is 0 Å². The molecular formula is C16H27N3O2. The fraction of sp³-hybridized carbons (Fsp3) is 0.625. The Bertz CT molecular complexity index is 420. The van der Waals surface area contributed by atoms with Crippen molar-refractivity contribution in [3.63, 3.8) is 0 Å². The maximum absolute atomic E-state index is 12.2. The Labute approximate surface area is 127 Å². The number of nitrogens with zero attached hydrogens (tertiary/aromatic N) is 2. The van der Waals surface area contributed by atoms with Crippen molar-refractivity contribution in [2.24, 2.45) is 0 Å². The number of carbonyl (C=O) groups is 1. The van der Waals surface area contributed by atoms with Crippen LogP contribution in [-0.4, -0.2) is 48.6 Å². The van der Waals surface area contributed by atoms with E-state index in [9.17, 15) is 4.79 Å². The fourth-order valence-corrected chi connectivity index (χ4v) is 1.98. The third-order valence-electron chi connectivity index (χ3n) is 3.17. The van der Waals surface area contributed by atoms with E-state index in [1.807, 2.05) is 26.0 Å². The molecule has 0 aromatic carbocycles. The normalized spacial score (nSPS) is 10.4. The molecule has 0 spiro atoms. The van der Waals surface area contributed by atoms with Gasteiger partial charge in [0.25, 0.3) is 5.91 Å². The lowest BCUT2D eigenvalue weighted by Gasteiger charge is -2.18. The van der Waals surface area contributed by atoms with Gasteiger partial charge in [0.1, 0.15) is 5.69 Å². The minimum atomic E-state index is -0.0186. The second-order valence-corrected chi connectivity index (χ2v) is 4.80. The Balaban J connectivity index is 2.47. The monoisotopic (exact) mass is 293 g/mol. The lowest BCUT2D eigenvalue weighted by Crippen LogP contribution is -2.31. The SMILES string of the molecule is CCCOCCCNc1ccnc(C(=O)N(CC)CC)c1. The first-order chi connectivity index (χ1) is 10.2. The zero-order chi connectivity index (χ0) is 15.5. The average Bonchev–Trinajstić information content (AvgIpc) is 2.52. The number of ether oxygens (including phenoxy) is 1. The van der Waals surface area contributed by atoms with E-state index in [0.717, 1.165) is 38.3 Å². The summed E-state index contributed by atoms with van der Waals surface area (Å²) < 4.78 is 5.43. The van der Waals surface area contributed by atoms with Crippen LogP contribution >= 0.6 is 0 Å². The molecule has 0 aliphatic carbocycles. The van der Waals surface area contributed by atoms with E-state index >= 15 is 0 Å². The van der Waals surface area contributed by atoms with Crippen molar-refractivity contribution in [3.8, 4) is 0 Å². The summed E-state index contributed by atoms with van der Waals surface area (Å²) in [6.45, 7) is 9.84. The van der Waals surface area contributed by atoms with Gasteiger partial charge < -0.3 is 15.0 Å². The minimum absolute atomic E-state index is 0.0186. The van der Waals surface area contributed by atoms with E-state index in [2.05, 4.69) is 17.2 Å². The van der Waals surface area contributed by atoms with Crippen molar-refractivity contribution in [1.82, 2.24) is 9.88 Å². The van der Waals surface area contributed by atoms with Gasteiger partial charge in [-0.15, -0.1) is 0 Å². The molecule has 0 atom stereocenters. The highest BCUT2D eigenvalue weighted by atomic mass is 16.5. The summed E-state index contributed by atoms with van der Waals surface area (Å²) in [5.41, 5.74) is 1.42. The van der Waals surface area contributed by atoms with Crippen LogP contribution in [0.1, 0.15) is 44.1 Å². The Morgan fingerprint density at radius 3 is 2.71 bits per heavy atom. The largest absolute Gasteiger partial charge is 0.385 e. The number of hydrogen-bond acceptors (Lipinski definition) is 4. The maximum atomic E-state index is 12.2. The molecule has 0 fully saturated rings. The number of rotatable bonds is 10. The van der Waals surface area contributed by atoms with Crippen molar-refractivity contribution in [3.05, 3.63) is 24.0 Å². The highest BCUT2D eigenvalue weighted by Gasteiger charge is 2.13. The van der Waals surface area contributed by atoms with Crippen LogP contribution in [-0.2, 0) is 4.74 Å². The van der Waals surface area contributed by atoms with Gasteiger partial charge in [-0.1, -0.05) is 6.92 Å². The summed E-state index contributed by atoms with van der Waals surface area (Å²) >= 11 is 0. The van der Waals surface area contributed by atoms with Crippen molar-refractivity contribution in [2.45, 2.75) is 33.6 Å². The third-order valence-corrected chi connectivity index (χ3v) is 3.17. The second-order valence-electron chi connectivity index (χ2n) is 4.80. The molecular weight excluding hydrogens is 266 g/mol. The van der Waals surface area contributed by atoms with Crippen LogP contribution in [0.4, 0.5) is 5.69 Å². The molecule has 1 amide bonds. The highest BCUT2D eigenvalue weighted by Crippen LogP contribution is 2.10. The van der Waals surface area contributed by atoms with Crippen LogP contribution in [0.15, 0.2) is 18.3 Å². The standard InChI is InChI=1S/C16H27N3O2/c1-4-11-21-12-7-9-17-14-8-10-18-15(13-14)16(20)19(5-2)6-3/h8,10,13H,4-7,9,11-12H2,1-3H3,(H,17,18). The first-order valence-corrected chi connectivity index (χ1v) is 7.79. The van der Waals surface area contributed by atoms with E-state index in [1.165, 1.54) is 0 Å². The molecule has 0 saturated heterocycles. The summed E-state index contributed by atoms with van der Waals surface area (Å²) in [6, 6.07) is 3.69. The molecule has 21 heavy (non-hydrogen) atoms. The number of carbonyl (C=O) groups excluding carboxylic acids is 1. The molecule has 0 aliphatic heterocycles. The molecule has 5 heteroatoms. The predicted octanol–water partition coefficient (Wildman–Crippen LogP) is 2.79. The van der Waals surface area contributed by atoms with E-state index < -0.39 is 0 Å². The number of nitrogens with one attached hydrogen (secondary N) is 1. The van der Waals surface area contributed by atoms with Gasteiger partial charge in [0.2, 0.25) is 0 Å². The van der Waals surface area contributed by atoms with Crippen LogP contribution < -0.4 is 5.32 Å². The summed E-state index contributed by atoms with van der Waals surface area (Å²) in [6.07, 6.45) is 3.67. The molecule has 1 heterocycles. The summed E-state index contributed by atoms with van der Waals surface area (Å²) in [7, 11) is 0. The Morgan fingerprint density at radius 1 is 1.29 bits per heavy atom. The third kappa shape index (κ3) is 6.12. The van der Waals surface area contributed by atoms with Gasteiger partial charge in [0.05, 0.1) is 0 Å². The minimum Gasteiger partial charge on any atom is -0.385 e. The van der Waals surface area contributed by atoms with Gasteiger partial charge in [-0.3, -0.25) is 9.78 Å². The summed E-state index contributed by atoms with van der Waals surface area (Å²) in [5, 5.41) is 3.30. The van der Waals surface area contributed by atoms with Gasteiger partial charge in [0, 0.05) is 44.7 Å². The lowest BCUT2D eigenvalue weighted by molar-refractivity contribution is 0.0767. The van der Waals surface area contributed by atoms with Gasteiger partial charge in [-0.05, 0) is 38.8 Å². The van der Waals surface area contributed by atoms with E-state index in [0.29, 0.717) is 18.8 Å². The zero-order valence-electron chi connectivity index (χ0n) is 13.4. The number of amides is 1. The Kier molecular flexibility index (Phi) is 8.43. The van der Waals surface area contributed by atoms with Crippen LogP contribution in [0.25, 0.3) is 0 Å². The quantitative estimate of drug-likeness (QED) is 0.674. The molecule has 0 unspecified atom stereocenters. The second kappa shape index (κ2) is 10.2. The number of aromatic nitrogens is 1. The van der Waals surface area contributed by atoms with Crippen molar-refractivity contribution >= 4 is 11.6 Å². The van der Waals surface area contributed by atoms with Crippen molar-refractivity contribution in [2.75, 3.05) is 38.2 Å². The molecule has 5 nitrogen and oxygen atoms in total. The van der Waals surface area contributed by atoms with Gasteiger partial charge in [-0.2, -0.15) is 0 Å². The topological polar surface area (TPSA) is 54.5 Å². The molecule has 118 valence electrons. The lowest BCUT2D eigenvalue weighted by atomic mass is 10.2. The smallest absolute Gasteiger partial charge is 0.272 e. The van der Waals surface area contributed by atoms with E-state index in [-0.39, 0.29) is 5.91 Å². The van der Waals surface area contributed by atoms with E-state index in [1.54, 1.807) is 11.1 Å². The van der Waals surface area contributed by atoms with Crippen LogP contribution in [0.5, 0.6) is 0 Å². The average molecular weight is 293 g/mol. The first-order valence-electron chi connectivity index (χ1n) is 7.79. The van der Waals surface area contributed by atoms with Crippen LogP contribution in [0.2, 0.25) is 0 Å². The van der Waals surface area contributed by atoms with Crippen LogP contribution in [0.3, 0.4) is 0 Å². The number of pyridine rings is 1. The van der Waals surface area contributed by atoms with Gasteiger partial charge >= 0.3 is 0 Å². The number of anilines is 1. The summed E-state index contributed by atoms with van der Waals surface area (Å²) in [4.78, 5) is 18.2. The molecule has 0 bridgehead atoms. The molecule has 0 saturated carbocycles. The van der Waals surface area contributed by atoms with Gasteiger partial charge in [-0.25, -0.2) is 0 Å². The fourth-order valence-electron chi connectivity index (χ4n) is 1.98. The first kappa shape index (κ1) is 17.4. The van der Waals surface area contributed by atoms with E-state index in [4.69, 9.17) is 4.74 Å². The summed E-state index contributed by atoms with van der Waals surface area (Å²) in [5.74, 6) is -0.0186. The van der Waals surface area contributed by atoms with Crippen LogP contribution in [0, 0.1) is 0 Å². The molecule has 1 N–H and O–H groups in total. The molecule has 1 aromatic rings. The number of hydrogen-bond donors (Lipinski definition) is 1. The Hall–Kier alpha value is -1.62. The zero-order valence-corrected chi connectivity index (χ0v) is 13.4. The molecule has 1 aromatic heterocycles. The molecule has 0 radical (unpaired) electrons. The van der Waals surface area contributed by atoms with Crippen molar-refractivity contribution < 1.29 is 9.53 Å². The molecule has 1 rings (SSSR count). The Morgan fingerprint density at radius 2 is 2.05 bits per heavy atom. The maximum Gasteiger partial charge on any atom is 0.272 e. The van der Waals surface area contributed by atoms with Crippen molar-refractivity contribution in [1.29, 1.82) is 0 Å². The predicted molar refractivity (Wildman–Crippen MR) is 85.7 cm³/mol.